The molecule has 0 aromatic carbocycles. The van der Waals surface area contributed by atoms with Gasteiger partial charge in [0.25, 0.3) is 5.91 Å². The molecule has 1 heterocycles. The Morgan fingerprint density at radius 3 is 2.90 bits per heavy atom. The lowest BCUT2D eigenvalue weighted by molar-refractivity contribution is -0.157. The minimum atomic E-state index is -1.37. The molecule has 0 amide bonds. The van der Waals surface area contributed by atoms with Crippen molar-refractivity contribution < 1.29 is 9.84 Å². The lowest BCUT2D eigenvalue weighted by Gasteiger charge is -2.26. The van der Waals surface area contributed by atoms with Crippen LogP contribution in [0, 0.1) is 0 Å². The maximum absolute atomic E-state index is 9.35. The van der Waals surface area contributed by atoms with Gasteiger partial charge in [0, 0.05) is 19.4 Å². The summed E-state index contributed by atoms with van der Waals surface area (Å²) in [6.07, 6.45) is 2.93. The van der Waals surface area contributed by atoms with Crippen LogP contribution in [0.2, 0.25) is 0 Å². The monoisotopic (exact) mass is 142 g/mol. The van der Waals surface area contributed by atoms with Crippen molar-refractivity contribution in [3.63, 3.8) is 0 Å². The highest BCUT2D eigenvalue weighted by Gasteiger charge is 2.24. The molecule has 1 rings (SSSR count). The standard InChI is InChI=1S/C6H10N2O2/c1-5-7-4-3-6(9,8-5)10-2/h3-4,9H,1-2H3,(H,7,8). The molecule has 0 aliphatic carbocycles. The van der Waals surface area contributed by atoms with E-state index in [1.54, 1.807) is 6.92 Å². The third-order valence-electron chi connectivity index (χ3n) is 1.24. The van der Waals surface area contributed by atoms with E-state index in [0.717, 1.165) is 0 Å². The van der Waals surface area contributed by atoms with Crippen molar-refractivity contribution in [3.8, 4) is 0 Å². The normalized spacial score (nSPS) is 31.3. The summed E-state index contributed by atoms with van der Waals surface area (Å²) in [5.41, 5.74) is 0. The molecule has 0 aromatic rings. The molecule has 4 heteroatoms. The first-order chi connectivity index (χ1) is 4.66. The quantitative estimate of drug-likeness (QED) is 0.499. The van der Waals surface area contributed by atoms with Gasteiger partial charge in [-0.3, -0.25) is 0 Å². The van der Waals surface area contributed by atoms with Gasteiger partial charge < -0.3 is 15.2 Å². The van der Waals surface area contributed by atoms with Gasteiger partial charge in [-0.15, -0.1) is 0 Å². The van der Waals surface area contributed by atoms with Crippen LogP contribution in [-0.4, -0.2) is 24.0 Å². The number of aliphatic hydroxyl groups is 1. The lowest BCUT2D eigenvalue weighted by atomic mass is 10.4. The Balaban J connectivity index is 2.71. The number of ether oxygens (including phenoxy) is 1. The predicted molar refractivity (Wildman–Crippen MR) is 37.3 cm³/mol. The molecule has 10 heavy (non-hydrogen) atoms. The number of hydrogen-bond donors (Lipinski definition) is 2. The predicted octanol–water partition coefficient (Wildman–Crippen LogP) is -0.186. The third kappa shape index (κ3) is 1.34. The van der Waals surface area contributed by atoms with E-state index in [1.165, 1.54) is 19.4 Å². The van der Waals surface area contributed by atoms with Gasteiger partial charge in [-0.2, -0.15) is 0 Å². The van der Waals surface area contributed by atoms with Crippen molar-refractivity contribution in [2.75, 3.05) is 7.11 Å². The van der Waals surface area contributed by atoms with Crippen LogP contribution in [-0.2, 0) is 4.74 Å². The smallest absolute Gasteiger partial charge is 0.270 e. The molecule has 0 bridgehead atoms. The Bertz CT molecular complexity index is 188. The summed E-state index contributed by atoms with van der Waals surface area (Å²) in [5.74, 6) is -0.738. The molecule has 1 aliphatic rings. The van der Waals surface area contributed by atoms with Gasteiger partial charge in [0.2, 0.25) is 0 Å². The van der Waals surface area contributed by atoms with E-state index < -0.39 is 5.91 Å². The Labute approximate surface area is 59.2 Å². The largest absolute Gasteiger partial charge is 0.345 e. The van der Waals surface area contributed by atoms with E-state index in [9.17, 15) is 5.11 Å². The van der Waals surface area contributed by atoms with Crippen LogP contribution in [0.4, 0.5) is 0 Å². The fourth-order valence-corrected chi connectivity index (χ4v) is 0.702. The van der Waals surface area contributed by atoms with Crippen molar-refractivity contribution >= 4 is 5.84 Å². The number of nitrogens with one attached hydrogen (secondary N) is 1. The van der Waals surface area contributed by atoms with Crippen LogP contribution in [0.1, 0.15) is 6.92 Å². The zero-order chi connectivity index (χ0) is 7.61. The van der Waals surface area contributed by atoms with E-state index in [4.69, 9.17) is 4.74 Å². The van der Waals surface area contributed by atoms with Crippen LogP contribution in [0.15, 0.2) is 17.3 Å². The first-order valence-electron chi connectivity index (χ1n) is 2.94. The van der Waals surface area contributed by atoms with Gasteiger partial charge in [-0.1, -0.05) is 0 Å². The van der Waals surface area contributed by atoms with E-state index >= 15 is 0 Å². The average molecular weight is 142 g/mol. The van der Waals surface area contributed by atoms with Crippen LogP contribution < -0.4 is 5.32 Å². The van der Waals surface area contributed by atoms with Gasteiger partial charge in [0.05, 0.1) is 0 Å². The molecular weight excluding hydrogens is 132 g/mol. The molecule has 56 valence electrons. The summed E-state index contributed by atoms with van der Waals surface area (Å²) >= 11 is 0. The van der Waals surface area contributed by atoms with Gasteiger partial charge in [0.1, 0.15) is 5.84 Å². The van der Waals surface area contributed by atoms with E-state index in [-0.39, 0.29) is 0 Å². The summed E-state index contributed by atoms with van der Waals surface area (Å²) < 4.78 is 4.73. The molecule has 1 aliphatic heterocycles. The van der Waals surface area contributed by atoms with Crippen molar-refractivity contribution in [3.05, 3.63) is 12.3 Å². The summed E-state index contributed by atoms with van der Waals surface area (Å²) in [6, 6.07) is 0. The lowest BCUT2D eigenvalue weighted by Crippen LogP contribution is -2.48. The highest BCUT2D eigenvalue weighted by atomic mass is 16.6. The number of hydrogen-bond acceptors (Lipinski definition) is 4. The Morgan fingerprint density at radius 1 is 1.80 bits per heavy atom. The van der Waals surface area contributed by atoms with Gasteiger partial charge >= 0.3 is 0 Å². The summed E-state index contributed by atoms with van der Waals surface area (Å²) in [7, 11) is 1.41. The van der Waals surface area contributed by atoms with Crippen LogP contribution in [0.5, 0.6) is 0 Å². The summed E-state index contributed by atoms with van der Waals surface area (Å²) in [5, 5.41) is 12.0. The molecule has 1 unspecified atom stereocenters. The first kappa shape index (κ1) is 7.24. The number of aliphatic imine (C=N–C) groups is 1. The highest BCUT2D eigenvalue weighted by Crippen LogP contribution is 2.06. The zero-order valence-corrected chi connectivity index (χ0v) is 5.96. The van der Waals surface area contributed by atoms with E-state index in [1.807, 2.05) is 0 Å². The number of amidine groups is 1. The SMILES string of the molecule is COC1(O)C=CN=C(C)N1. The minimum Gasteiger partial charge on any atom is -0.345 e. The highest BCUT2D eigenvalue weighted by molar-refractivity contribution is 5.81. The number of nitrogens with zero attached hydrogens (tertiary/aromatic N) is 1. The molecule has 1 atom stereocenters. The van der Waals surface area contributed by atoms with Gasteiger partial charge in [-0.25, -0.2) is 4.99 Å². The van der Waals surface area contributed by atoms with Crippen molar-refractivity contribution in [1.29, 1.82) is 0 Å². The van der Waals surface area contributed by atoms with E-state index in [0.29, 0.717) is 5.84 Å². The van der Waals surface area contributed by atoms with Crippen LogP contribution in [0.25, 0.3) is 0 Å². The molecule has 2 N–H and O–H groups in total. The Hall–Kier alpha value is -0.870. The molecular formula is C6H10N2O2. The van der Waals surface area contributed by atoms with Crippen molar-refractivity contribution in [2.45, 2.75) is 12.8 Å². The minimum absolute atomic E-state index is 0.631. The number of rotatable bonds is 1. The van der Waals surface area contributed by atoms with Gasteiger partial charge in [0.15, 0.2) is 0 Å². The van der Waals surface area contributed by atoms with Crippen LogP contribution >= 0.6 is 0 Å². The maximum Gasteiger partial charge on any atom is 0.270 e. The zero-order valence-electron chi connectivity index (χ0n) is 5.96. The summed E-state index contributed by atoms with van der Waals surface area (Å²) in [4.78, 5) is 3.86. The van der Waals surface area contributed by atoms with Crippen molar-refractivity contribution in [1.82, 2.24) is 5.32 Å². The molecule has 0 fully saturated rings. The molecule has 0 aromatic heterocycles. The fraction of sp³-hybridized carbons (Fsp3) is 0.500. The number of methoxy groups -OCH3 is 1. The summed E-state index contributed by atoms with van der Waals surface area (Å²) in [6.45, 7) is 1.74. The molecule has 4 nitrogen and oxygen atoms in total. The van der Waals surface area contributed by atoms with Gasteiger partial charge in [-0.05, 0) is 6.92 Å². The second-order valence-electron chi connectivity index (χ2n) is 2.06. The second kappa shape index (κ2) is 2.40. The second-order valence-corrected chi connectivity index (χ2v) is 2.06. The van der Waals surface area contributed by atoms with Crippen molar-refractivity contribution in [2.24, 2.45) is 4.99 Å². The molecule has 0 saturated carbocycles. The van der Waals surface area contributed by atoms with E-state index in [2.05, 4.69) is 10.3 Å². The Morgan fingerprint density at radius 2 is 2.50 bits per heavy atom. The fourth-order valence-electron chi connectivity index (χ4n) is 0.702. The topological polar surface area (TPSA) is 53.9 Å². The first-order valence-corrected chi connectivity index (χ1v) is 2.94. The van der Waals surface area contributed by atoms with Crippen LogP contribution in [0.3, 0.4) is 0 Å². The Kier molecular flexibility index (Phi) is 1.74. The molecule has 0 spiro atoms. The average Bonchev–Trinajstić information content (AvgIpc) is 1.88. The maximum atomic E-state index is 9.35. The molecule has 0 radical (unpaired) electrons. The third-order valence-corrected chi connectivity index (χ3v) is 1.24. The molecule has 0 saturated heterocycles.